The van der Waals surface area contributed by atoms with Crippen LogP contribution in [0.4, 0.5) is 16.2 Å². The number of fused-ring (bicyclic) bond motifs is 2. The minimum Gasteiger partial charge on any atom is -0.481 e. The molecule has 1 aliphatic heterocycles. The second-order valence-electron chi connectivity index (χ2n) is 10.2. The maximum absolute atomic E-state index is 13.5. The molecular formula is C33H32N4O6. The van der Waals surface area contributed by atoms with Gasteiger partial charge in [-0.3, -0.25) is 19.3 Å². The van der Waals surface area contributed by atoms with Gasteiger partial charge in [0.25, 0.3) is 5.91 Å². The molecule has 220 valence electrons. The number of rotatable bonds is 10. The number of carboxylic acid groups (broad SMARTS) is 1. The van der Waals surface area contributed by atoms with Gasteiger partial charge >= 0.3 is 12.0 Å². The standard InChI is InChI=1S/C33H32N4O6/c1-22(38)36-17-15-27-18-28(11-13-30(27)36)37(20-23-6-8-25(9-7-23)32(41)34-16-14-31(39)40)33(42)35-21-43-29-12-10-24-4-2-3-5-26(24)19-29/h2-13,18-19H,14-17,20-21H2,1H3,(H,34,41)(H,35,42)(H,39,40). The third-order valence-corrected chi connectivity index (χ3v) is 7.26. The van der Waals surface area contributed by atoms with E-state index in [1.165, 1.54) is 6.92 Å². The van der Waals surface area contributed by atoms with E-state index in [4.69, 9.17) is 9.84 Å². The van der Waals surface area contributed by atoms with E-state index in [1.54, 1.807) is 34.1 Å². The first-order valence-corrected chi connectivity index (χ1v) is 14.0. The van der Waals surface area contributed by atoms with Crippen LogP contribution in [0.5, 0.6) is 5.75 Å². The molecule has 10 heteroatoms. The molecule has 0 aliphatic carbocycles. The smallest absolute Gasteiger partial charge is 0.324 e. The van der Waals surface area contributed by atoms with Crippen molar-refractivity contribution in [1.82, 2.24) is 10.6 Å². The first-order valence-electron chi connectivity index (χ1n) is 14.0. The van der Waals surface area contributed by atoms with Gasteiger partial charge in [-0.25, -0.2) is 4.79 Å². The first-order chi connectivity index (χ1) is 20.8. The van der Waals surface area contributed by atoms with Crippen molar-refractivity contribution in [3.05, 3.63) is 102 Å². The van der Waals surface area contributed by atoms with E-state index >= 15 is 0 Å². The summed E-state index contributed by atoms with van der Waals surface area (Å²) in [5.74, 6) is -0.761. The molecular weight excluding hydrogens is 548 g/mol. The quantitative estimate of drug-likeness (QED) is 0.233. The summed E-state index contributed by atoms with van der Waals surface area (Å²) in [5, 5.41) is 16.3. The number of benzene rings is 4. The van der Waals surface area contributed by atoms with Gasteiger partial charge in [-0.2, -0.15) is 0 Å². The lowest BCUT2D eigenvalue weighted by atomic mass is 10.1. The summed E-state index contributed by atoms with van der Waals surface area (Å²) in [6, 6.07) is 25.7. The van der Waals surface area contributed by atoms with Crippen LogP contribution in [-0.2, 0) is 22.6 Å². The summed E-state index contributed by atoms with van der Waals surface area (Å²) in [5.41, 5.74) is 3.64. The molecule has 3 N–H and O–H groups in total. The molecule has 5 rings (SSSR count). The molecule has 0 bridgehead atoms. The van der Waals surface area contributed by atoms with Crippen LogP contribution >= 0.6 is 0 Å². The number of aliphatic carboxylic acids is 1. The van der Waals surface area contributed by atoms with Crippen LogP contribution in [0.2, 0.25) is 0 Å². The van der Waals surface area contributed by atoms with Gasteiger partial charge in [0.1, 0.15) is 5.75 Å². The summed E-state index contributed by atoms with van der Waals surface area (Å²) in [6.45, 7) is 2.32. The van der Waals surface area contributed by atoms with Crippen LogP contribution < -0.4 is 25.2 Å². The van der Waals surface area contributed by atoms with E-state index in [-0.39, 0.29) is 44.1 Å². The van der Waals surface area contributed by atoms with Gasteiger partial charge in [0.2, 0.25) is 5.91 Å². The Morgan fingerprint density at radius 1 is 0.907 bits per heavy atom. The summed E-state index contributed by atoms with van der Waals surface area (Å²) in [6.07, 6.45) is 0.526. The number of carboxylic acids is 1. The van der Waals surface area contributed by atoms with Gasteiger partial charge in [0.15, 0.2) is 6.73 Å². The fourth-order valence-electron chi connectivity index (χ4n) is 5.03. The largest absolute Gasteiger partial charge is 0.481 e. The minimum atomic E-state index is -0.989. The van der Waals surface area contributed by atoms with Gasteiger partial charge in [-0.1, -0.05) is 42.5 Å². The van der Waals surface area contributed by atoms with E-state index in [0.717, 1.165) is 27.6 Å². The normalized spacial score (nSPS) is 12.0. The van der Waals surface area contributed by atoms with Crippen LogP contribution in [0.15, 0.2) is 84.9 Å². The van der Waals surface area contributed by atoms with Crippen molar-refractivity contribution in [2.75, 3.05) is 29.6 Å². The average Bonchev–Trinajstić information content (AvgIpc) is 3.43. The van der Waals surface area contributed by atoms with E-state index in [1.807, 2.05) is 60.7 Å². The maximum Gasteiger partial charge on any atom is 0.324 e. The summed E-state index contributed by atoms with van der Waals surface area (Å²) in [7, 11) is 0. The molecule has 0 atom stereocenters. The highest BCUT2D eigenvalue weighted by Crippen LogP contribution is 2.32. The number of urea groups is 1. The fourth-order valence-corrected chi connectivity index (χ4v) is 5.03. The number of amides is 4. The lowest BCUT2D eigenvalue weighted by molar-refractivity contribution is -0.136. The van der Waals surface area contributed by atoms with Crippen LogP contribution in [0.1, 0.15) is 34.8 Å². The van der Waals surface area contributed by atoms with Crippen molar-refractivity contribution >= 4 is 46.0 Å². The Bertz CT molecular complexity index is 1670. The molecule has 0 aromatic heterocycles. The van der Waals surface area contributed by atoms with Crippen LogP contribution in [-0.4, -0.2) is 48.7 Å². The lowest BCUT2D eigenvalue weighted by Gasteiger charge is -2.25. The zero-order valence-corrected chi connectivity index (χ0v) is 23.7. The molecule has 0 saturated heterocycles. The van der Waals surface area contributed by atoms with Gasteiger partial charge in [0, 0.05) is 37.0 Å². The third-order valence-electron chi connectivity index (χ3n) is 7.26. The van der Waals surface area contributed by atoms with Crippen molar-refractivity contribution in [1.29, 1.82) is 0 Å². The molecule has 4 aromatic carbocycles. The molecule has 0 radical (unpaired) electrons. The highest BCUT2D eigenvalue weighted by Gasteiger charge is 2.25. The van der Waals surface area contributed by atoms with E-state index in [2.05, 4.69) is 10.6 Å². The summed E-state index contributed by atoms with van der Waals surface area (Å²) < 4.78 is 5.84. The van der Waals surface area contributed by atoms with Crippen LogP contribution in [0, 0.1) is 0 Å². The zero-order chi connectivity index (χ0) is 30.3. The number of ether oxygens (including phenoxy) is 1. The number of hydrogen-bond donors (Lipinski definition) is 3. The molecule has 0 saturated carbocycles. The van der Waals surface area contributed by atoms with Gasteiger partial charge in [-0.05, 0) is 70.8 Å². The molecule has 10 nitrogen and oxygen atoms in total. The Morgan fingerprint density at radius 3 is 2.42 bits per heavy atom. The van der Waals surface area contributed by atoms with Crippen molar-refractivity contribution in [2.45, 2.75) is 26.3 Å². The van der Waals surface area contributed by atoms with Gasteiger partial charge in [0.05, 0.1) is 13.0 Å². The second-order valence-corrected chi connectivity index (χ2v) is 10.2. The average molecular weight is 581 g/mol. The Labute approximate surface area is 248 Å². The van der Waals surface area contributed by atoms with E-state index in [9.17, 15) is 19.2 Å². The van der Waals surface area contributed by atoms with Crippen molar-refractivity contribution in [3.8, 4) is 5.75 Å². The summed E-state index contributed by atoms with van der Waals surface area (Å²) in [4.78, 5) is 51.9. The predicted molar refractivity (Wildman–Crippen MR) is 163 cm³/mol. The fraction of sp³-hybridized carbons (Fsp3) is 0.212. The molecule has 4 amide bonds. The van der Waals surface area contributed by atoms with Crippen molar-refractivity contribution < 1.29 is 29.0 Å². The van der Waals surface area contributed by atoms with Gasteiger partial charge in [-0.15, -0.1) is 0 Å². The Kier molecular flexibility index (Phi) is 8.85. The molecule has 0 unspecified atom stereocenters. The SMILES string of the molecule is CC(=O)N1CCc2cc(N(Cc3ccc(C(=O)NCCC(=O)O)cc3)C(=O)NCOc3ccc4ccccc4c3)ccc21. The molecule has 1 heterocycles. The highest BCUT2D eigenvalue weighted by molar-refractivity contribution is 5.96. The van der Waals surface area contributed by atoms with Crippen molar-refractivity contribution in [2.24, 2.45) is 0 Å². The van der Waals surface area contributed by atoms with E-state index in [0.29, 0.717) is 30.0 Å². The van der Waals surface area contributed by atoms with Crippen molar-refractivity contribution in [3.63, 3.8) is 0 Å². The topological polar surface area (TPSA) is 128 Å². The Balaban J connectivity index is 1.31. The number of hydrogen-bond acceptors (Lipinski definition) is 5. The number of nitrogens with one attached hydrogen (secondary N) is 2. The number of anilines is 2. The number of carbonyl (C=O) groups is 4. The zero-order valence-electron chi connectivity index (χ0n) is 23.7. The number of nitrogens with zero attached hydrogens (tertiary/aromatic N) is 2. The van der Waals surface area contributed by atoms with Gasteiger partial charge < -0.3 is 25.4 Å². The molecule has 43 heavy (non-hydrogen) atoms. The molecule has 1 aliphatic rings. The second kappa shape index (κ2) is 13.1. The highest BCUT2D eigenvalue weighted by atomic mass is 16.5. The summed E-state index contributed by atoms with van der Waals surface area (Å²) >= 11 is 0. The first kappa shape index (κ1) is 29.1. The van der Waals surface area contributed by atoms with E-state index < -0.39 is 5.97 Å². The predicted octanol–water partition coefficient (Wildman–Crippen LogP) is 4.71. The van der Waals surface area contributed by atoms with Crippen LogP contribution in [0.3, 0.4) is 0 Å². The maximum atomic E-state index is 13.5. The monoisotopic (exact) mass is 580 g/mol. The molecule has 0 fully saturated rings. The third kappa shape index (κ3) is 7.10. The minimum absolute atomic E-state index is 0.0287. The lowest BCUT2D eigenvalue weighted by Crippen LogP contribution is -2.41. The van der Waals surface area contributed by atoms with Crippen LogP contribution in [0.25, 0.3) is 10.8 Å². The molecule has 0 spiro atoms. The Hall–Kier alpha value is -5.38. The molecule has 4 aromatic rings. The number of carbonyl (C=O) groups excluding carboxylic acids is 3. The Morgan fingerprint density at radius 2 is 1.67 bits per heavy atom.